The predicted octanol–water partition coefficient (Wildman–Crippen LogP) is 3.22. The monoisotopic (exact) mass is 419 g/mol. The van der Waals surface area contributed by atoms with E-state index in [1.807, 2.05) is 37.3 Å². The average Bonchev–Trinajstić information content (AvgIpc) is 2.79. The molecule has 162 valence electrons. The molecule has 2 heterocycles. The number of Topliss-reactive ketones (excluding diaryl/α,β-unsaturated/α-hetero) is 1. The molecular formula is C25H29N3O3. The lowest BCUT2D eigenvalue weighted by Crippen LogP contribution is -2.37. The number of morpholine rings is 1. The van der Waals surface area contributed by atoms with E-state index in [1.54, 1.807) is 0 Å². The number of carbonyl (C=O) groups is 2. The summed E-state index contributed by atoms with van der Waals surface area (Å²) in [6.07, 6.45) is 2.28. The van der Waals surface area contributed by atoms with Gasteiger partial charge in [-0.1, -0.05) is 42.8 Å². The number of amides is 1. The summed E-state index contributed by atoms with van der Waals surface area (Å²) in [4.78, 5) is 32.9. The van der Waals surface area contributed by atoms with Gasteiger partial charge >= 0.3 is 0 Å². The van der Waals surface area contributed by atoms with Gasteiger partial charge in [0.1, 0.15) is 5.92 Å². The number of aryl methyl sites for hydroxylation is 2. The smallest absolute Gasteiger partial charge is 0.236 e. The second-order valence-corrected chi connectivity index (χ2v) is 8.22. The van der Waals surface area contributed by atoms with Crippen molar-refractivity contribution < 1.29 is 14.3 Å². The number of benzene rings is 2. The van der Waals surface area contributed by atoms with Crippen molar-refractivity contribution in [1.29, 1.82) is 0 Å². The first-order valence-electron chi connectivity index (χ1n) is 10.9. The van der Waals surface area contributed by atoms with E-state index in [1.165, 1.54) is 11.8 Å². The van der Waals surface area contributed by atoms with Crippen LogP contribution in [0.15, 0.2) is 41.4 Å². The molecule has 0 saturated carbocycles. The second-order valence-electron chi connectivity index (χ2n) is 8.22. The van der Waals surface area contributed by atoms with Gasteiger partial charge in [0.25, 0.3) is 0 Å². The van der Waals surface area contributed by atoms with Crippen molar-refractivity contribution in [2.45, 2.75) is 33.4 Å². The van der Waals surface area contributed by atoms with Crippen molar-refractivity contribution in [2.24, 2.45) is 10.9 Å². The summed E-state index contributed by atoms with van der Waals surface area (Å²) in [6, 6.07) is 12.0. The molecule has 1 saturated heterocycles. The van der Waals surface area contributed by atoms with Crippen molar-refractivity contribution in [3.05, 3.63) is 64.2 Å². The third-order valence-electron chi connectivity index (χ3n) is 5.91. The van der Waals surface area contributed by atoms with E-state index in [0.29, 0.717) is 17.8 Å². The molecule has 0 aromatic heterocycles. The molecule has 2 aliphatic rings. The Kier molecular flexibility index (Phi) is 6.59. The maximum absolute atomic E-state index is 13.2. The molecule has 1 amide bonds. The van der Waals surface area contributed by atoms with E-state index in [0.717, 1.165) is 56.0 Å². The van der Waals surface area contributed by atoms with Gasteiger partial charge in [0, 0.05) is 38.0 Å². The van der Waals surface area contributed by atoms with Crippen molar-refractivity contribution in [2.75, 3.05) is 26.3 Å². The molecule has 1 fully saturated rings. The quantitative estimate of drug-likeness (QED) is 0.730. The van der Waals surface area contributed by atoms with Crippen LogP contribution in [0.3, 0.4) is 0 Å². The first kappa shape index (κ1) is 21.4. The first-order chi connectivity index (χ1) is 15.0. The Bertz CT molecular complexity index is 992. The molecule has 1 unspecified atom stereocenters. The van der Waals surface area contributed by atoms with Crippen LogP contribution < -0.4 is 5.32 Å². The molecule has 2 aromatic carbocycles. The number of hydrogen-bond acceptors (Lipinski definition) is 5. The van der Waals surface area contributed by atoms with Gasteiger partial charge in [0.15, 0.2) is 5.78 Å². The summed E-state index contributed by atoms with van der Waals surface area (Å²) in [5.74, 6) is -1.37. The Labute approximate surface area is 183 Å². The third kappa shape index (κ3) is 4.92. The number of nitrogens with zero attached hydrogens (tertiary/aromatic N) is 2. The van der Waals surface area contributed by atoms with Crippen LogP contribution in [0.2, 0.25) is 0 Å². The highest BCUT2D eigenvalue weighted by Crippen LogP contribution is 2.32. The highest BCUT2D eigenvalue weighted by molar-refractivity contribution is 6.23. The summed E-state index contributed by atoms with van der Waals surface area (Å²) in [6.45, 7) is 8.48. The summed E-state index contributed by atoms with van der Waals surface area (Å²) < 4.78 is 5.43. The Hall–Kier alpha value is -2.83. The number of carbonyl (C=O) groups excluding carboxylic acids is 2. The summed E-state index contributed by atoms with van der Waals surface area (Å²) in [7, 11) is 0. The highest BCUT2D eigenvalue weighted by Gasteiger charge is 2.32. The van der Waals surface area contributed by atoms with Crippen LogP contribution in [0.1, 0.15) is 39.5 Å². The molecule has 4 rings (SSSR count). The zero-order valence-corrected chi connectivity index (χ0v) is 18.2. The zero-order valence-electron chi connectivity index (χ0n) is 18.2. The topological polar surface area (TPSA) is 71.0 Å². The molecule has 0 spiro atoms. The Morgan fingerprint density at radius 3 is 2.61 bits per heavy atom. The van der Waals surface area contributed by atoms with Crippen molar-refractivity contribution in [1.82, 2.24) is 10.2 Å². The molecule has 0 radical (unpaired) electrons. The van der Waals surface area contributed by atoms with E-state index in [4.69, 9.17) is 4.74 Å². The number of ketones is 1. The van der Waals surface area contributed by atoms with Gasteiger partial charge in [0.05, 0.1) is 18.9 Å². The van der Waals surface area contributed by atoms with Gasteiger partial charge in [-0.15, -0.1) is 0 Å². The lowest BCUT2D eigenvalue weighted by Gasteiger charge is -2.27. The van der Waals surface area contributed by atoms with Crippen LogP contribution >= 0.6 is 0 Å². The molecule has 0 bridgehead atoms. The largest absolute Gasteiger partial charge is 0.379 e. The van der Waals surface area contributed by atoms with E-state index < -0.39 is 5.92 Å². The van der Waals surface area contributed by atoms with E-state index in [-0.39, 0.29) is 11.7 Å². The molecule has 2 aliphatic heterocycles. The minimum Gasteiger partial charge on any atom is -0.379 e. The first-order valence-corrected chi connectivity index (χ1v) is 10.9. The standard InChI is InChI=1S/C25H29N3O3/c1-3-20-12-19(16-28-8-10-31-11-9-28)13-21-23(20)26-15-22(24(21)29)25(30)27-14-18-6-4-17(2)5-7-18/h4-7,12-13,15,22H,3,8-11,14,16H2,1-2H3,(H,27,30). The lowest BCUT2D eigenvalue weighted by molar-refractivity contribution is -0.122. The fraction of sp³-hybridized carbons (Fsp3) is 0.400. The number of hydrogen-bond donors (Lipinski definition) is 1. The maximum atomic E-state index is 13.2. The summed E-state index contributed by atoms with van der Waals surface area (Å²) >= 11 is 0. The fourth-order valence-corrected chi connectivity index (χ4v) is 4.06. The predicted molar refractivity (Wildman–Crippen MR) is 121 cm³/mol. The highest BCUT2D eigenvalue weighted by atomic mass is 16.5. The van der Waals surface area contributed by atoms with Crippen LogP contribution in [-0.2, 0) is 29.0 Å². The minimum absolute atomic E-state index is 0.176. The van der Waals surface area contributed by atoms with Gasteiger partial charge in [0.2, 0.25) is 5.91 Å². The number of rotatable bonds is 6. The van der Waals surface area contributed by atoms with E-state index in [2.05, 4.69) is 28.2 Å². The van der Waals surface area contributed by atoms with Gasteiger partial charge in [-0.25, -0.2) is 0 Å². The Morgan fingerprint density at radius 1 is 1.16 bits per heavy atom. The zero-order chi connectivity index (χ0) is 21.8. The summed E-state index contributed by atoms with van der Waals surface area (Å²) in [5, 5.41) is 2.89. The van der Waals surface area contributed by atoms with Crippen LogP contribution in [-0.4, -0.2) is 49.1 Å². The Morgan fingerprint density at radius 2 is 1.90 bits per heavy atom. The van der Waals surface area contributed by atoms with Crippen LogP contribution in [0.4, 0.5) is 5.69 Å². The fourth-order valence-electron chi connectivity index (χ4n) is 4.06. The van der Waals surface area contributed by atoms with E-state index >= 15 is 0 Å². The normalized spacial score (nSPS) is 18.6. The molecule has 2 aromatic rings. The molecule has 0 aliphatic carbocycles. The molecule has 1 atom stereocenters. The molecule has 1 N–H and O–H groups in total. The van der Waals surface area contributed by atoms with Gasteiger partial charge in [-0.3, -0.25) is 19.5 Å². The third-order valence-corrected chi connectivity index (χ3v) is 5.91. The maximum Gasteiger partial charge on any atom is 0.236 e. The van der Waals surface area contributed by atoms with Crippen molar-refractivity contribution >= 4 is 23.6 Å². The van der Waals surface area contributed by atoms with Crippen molar-refractivity contribution in [3.8, 4) is 0 Å². The number of aliphatic imine (C=N–C) groups is 1. The van der Waals surface area contributed by atoms with Crippen molar-refractivity contribution in [3.63, 3.8) is 0 Å². The lowest BCUT2D eigenvalue weighted by atomic mass is 9.89. The van der Waals surface area contributed by atoms with Crippen LogP contribution in [0.25, 0.3) is 0 Å². The van der Waals surface area contributed by atoms with Crippen LogP contribution in [0, 0.1) is 12.8 Å². The number of ether oxygens (including phenoxy) is 1. The van der Waals surface area contributed by atoms with Gasteiger partial charge in [-0.2, -0.15) is 0 Å². The number of fused-ring (bicyclic) bond motifs is 1. The minimum atomic E-state index is -0.888. The Balaban J connectivity index is 1.50. The van der Waals surface area contributed by atoms with Crippen LogP contribution in [0.5, 0.6) is 0 Å². The molecule has 6 heteroatoms. The SMILES string of the molecule is CCc1cc(CN2CCOCC2)cc2c1N=CC(C(=O)NCc1ccc(C)cc1)C2=O. The molecular weight excluding hydrogens is 390 g/mol. The van der Waals surface area contributed by atoms with Gasteiger partial charge in [-0.05, 0) is 36.1 Å². The summed E-state index contributed by atoms with van der Waals surface area (Å²) in [5.41, 5.74) is 5.56. The van der Waals surface area contributed by atoms with E-state index in [9.17, 15) is 9.59 Å². The molecule has 31 heavy (non-hydrogen) atoms. The molecule has 6 nitrogen and oxygen atoms in total. The number of nitrogens with one attached hydrogen (secondary N) is 1. The second kappa shape index (κ2) is 9.54. The average molecular weight is 420 g/mol. The van der Waals surface area contributed by atoms with Gasteiger partial charge < -0.3 is 10.1 Å².